The van der Waals surface area contributed by atoms with E-state index in [0.29, 0.717) is 5.41 Å². The first kappa shape index (κ1) is 11.2. The highest BCUT2D eigenvalue weighted by Gasteiger charge is 2.15. The zero-order valence-electron chi connectivity index (χ0n) is 10.8. The van der Waals surface area contributed by atoms with Crippen LogP contribution in [0.3, 0.4) is 0 Å². The predicted octanol–water partition coefficient (Wildman–Crippen LogP) is 3.54. The van der Waals surface area contributed by atoms with Gasteiger partial charge in [-0.25, -0.2) is 4.98 Å². The van der Waals surface area contributed by atoms with E-state index in [0.717, 1.165) is 12.1 Å². The lowest BCUT2D eigenvalue weighted by Crippen LogP contribution is -2.11. The number of fused-ring (bicyclic) bond motifs is 1. The van der Waals surface area contributed by atoms with E-state index in [1.807, 2.05) is 6.20 Å². The Bertz CT molecular complexity index is 515. The van der Waals surface area contributed by atoms with Crippen molar-refractivity contribution in [1.29, 1.82) is 0 Å². The van der Waals surface area contributed by atoms with Gasteiger partial charge < -0.3 is 4.40 Å². The third-order valence-corrected chi connectivity index (χ3v) is 2.72. The Labute approximate surface area is 97.3 Å². The predicted molar refractivity (Wildman–Crippen MR) is 67.8 cm³/mol. The van der Waals surface area contributed by atoms with Gasteiger partial charge in [0.15, 0.2) is 0 Å². The van der Waals surface area contributed by atoms with E-state index < -0.39 is 0 Å². The minimum absolute atomic E-state index is 0.299. The Kier molecular flexibility index (Phi) is 2.53. The van der Waals surface area contributed by atoms with Gasteiger partial charge in [0.25, 0.3) is 0 Å². The van der Waals surface area contributed by atoms with Gasteiger partial charge in [-0.2, -0.15) is 0 Å². The molecule has 0 aliphatic rings. The van der Waals surface area contributed by atoms with Gasteiger partial charge in [-0.3, -0.25) is 0 Å². The zero-order valence-corrected chi connectivity index (χ0v) is 10.8. The summed E-state index contributed by atoms with van der Waals surface area (Å²) in [5, 5.41) is 0. The molecule has 86 valence electrons. The third-order valence-electron chi connectivity index (χ3n) is 2.72. The molecule has 2 aromatic rings. The topological polar surface area (TPSA) is 17.3 Å². The molecule has 0 spiro atoms. The van der Waals surface area contributed by atoms with Gasteiger partial charge in [0.05, 0.1) is 0 Å². The van der Waals surface area contributed by atoms with Crippen molar-refractivity contribution >= 4 is 5.65 Å². The smallest absolute Gasteiger partial charge is 0.137 e. The first-order chi connectivity index (χ1) is 7.37. The van der Waals surface area contributed by atoms with Gasteiger partial charge in [0.1, 0.15) is 5.65 Å². The number of aromatic nitrogens is 2. The molecule has 0 aliphatic carbocycles. The minimum Gasteiger partial charge on any atom is -0.301 e. The molecule has 2 heteroatoms. The maximum absolute atomic E-state index is 4.49. The molecule has 0 amide bonds. The summed E-state index contributed by atoms with van der Waals surface area (Å²) in [5.74, 6) is 0. The molecular formula is C14H20N2. The molecule has 0 radical (unpaired) electrons. The van der Waals surface area contributed by atoms with Crippen molar-refractivity contribution in [3.05, 3.63) is 35.3 Å². The molecule has 2 nitrogen and oxygen atoms in total. The molecule has 2 aromatic heterocycles. The van der Waals surface area contributed by atoms with Crippen LogP contribution in [-0.2, 0) is 6.42 Å². The Hall–Kier alpha value is -1.31. The highest BCUT2D eigenvalue weighted by molar-refractivity contribution is 5.45. The fourth-order valence-corrected chi connectivity index (χ4v) is 2.22. The summed E-state index contributed by atoms with van der Waals surface area (Å²) >= 11 is 0. The molecule has 0 bridgehead atoms. The summed E-state index contributed by atoms with van der Waals surface area (Å²) in [6, 6.07) is 4.35. The Balaban J connectivity index is 2.56. The lowest BCUT2D eigenvalue weighted by Gasteiger charge is -2.18. The minimum atomic E-state index is 0.299. The van der Waals surface area contributed by atoms with Crippen molar-refractivity contribution < 1.29 is 0 Å². The second kappa shape index (κ2) is 3.62. The van der Waals surface area contributed by atoms with E-state index in [-0.39, 0.29) is 0 Å². The Morgan fingerprint density at radius 1 is 1.19 bits per heavy atom. The fourth-order valence-electron chi connectivity index (χ4n) is 2.22. The maximum atomic E-state index is 4.49. The van der Waals surface area contributed by atoms with E-state index in [1.54, 1.807) is 0 Å². The van der Waals surface area contributed by atoms with Crippen LogP contribution in [0.5, 0.6) is 0 Å². The molecule has 16 heavy (non-hydrogen) atoms. The highest BCUT2D eigenvalue weighted by atomic mass is 15.0. The second-order valence-corrected chi connectivity index (χ2v) is 5.85. The maximum Gasteiger partial charge on any atom is 0.137 e. The van der Waals surface area contributed by atoms with Crippen molar-refractivity contribution in [2.75, 3.05) is 0 Å². The van der Waals surface area contributed by atoms with Crippen LogP contribution >= 0.6 is 0 Å². The lowest BCUT2D eigenvalue weighted by atomic mass is 9.91. The molecular weight excluding hydrogens is 196 g/mol. The highest BCUT2D eigenvalue weighted by Crippen LogP contribution is 2.22. The summed E-state index contributed by atoms with van der Waals surface area (Å²) < 4.78 is 2.26. The Morgan fingerprint density at radius 2 is 1.88 bits per heavy atom. The second-order valence-electron chi connectivity index (χ2n) is 5.85. The molecule has 0 aliphatic heterocycles. The van der Waals surface area contributed by atoms with Gasteiger partial charge >= 0.3 is 0 Å². The van der Waals surface area contributed by atoms with E-state index in [4.69, 9.17) is 0 Å². The average Bonchev–Trinajstić information content (AvgIpc) is 2.44. The van der Waals surface area contributed by atoms with Crippen LogP contribution < -0.4 is 0 Å². The number of nitrogens with zero attached hydrogens (tertiary/aromatic N) is 2. The number of rotatable bonds is 1. The molecule has 2 rings (SSSR count). The van der Waals surface area contributed by atoms with Gasteiger partial charge in [0, 0.05) is 17.6 Å². The van der Waals surface area contributed by atoms with Crippen LogP contribution in [0.1, 0.15) is 37.7 Å². The molecule has 2 heterocycles. The Morgan fingerprint density at radius 3 is 2.50 bits per heavy atom. The SMILES string of the molecule is Cc1cc(C)n2c(CC(C)(C)C)cnc2c1. The average molecular weight is 216 g/mol. The van der Waals surface area contributed by atoms with Gasteiger partial charge in [0.2, 0.25) is 0 Å². The van der Waals surface area contributed by atoms with Crippen molar-refractivity contribution in [2.45, 2.75) is 41.0 Å². The summed E-state index contributed by atoms with van der Waals surface area (Å²) in [5.41, 5.74) is 5.22. The zero-order chi connectivity index (χ0) is 11.9. The summed E-state index contributed by atoms with van der Waals surface area (Å²) in [6.45, 7) is 11.0. The van der Waals surface area contributed by atoms with Crippen molar-refractivity contribution in [2.24, 2.45) is 5.41 Å². The van der Waals surface area contributed by atoms with Crippen molar-refractivity contribution in [3.63, 3.8) is 0 Å². The van der Waals surface area contributed by atoms with Crippen molar-refractivity contribution in [3.8, 4) is 0 Å². The first-order valence-electron chi connectivity index (χ1n) is 5.80. The number of pyridine rings is 1. The van der Waals surface area contributed by atoms with Gasteiger partial charge in [-0.15, -0.1) is 0 Å². The quantitative estimate of drug-likeness (QED) is 0.712. The van der Waals surface area contributed by atoms with E-state index in [9.17, 15) is 0 Å². The number of hydrogen-bond acceptors (Lipinski definition) is 1. The molecule has 0 unspecified atom stereocenters. The largest absolute Gasteiger partial charge is 0.301 e. The molecule has 0 N–H and O–H groups in total. The monoisotopic (exact) mass is 216 g/mol. The number of hydrogen-bond donors (Lipinski definition) is 0. The summed E-state index contributed by atoms with van der Waals surface area (Å²) in [7, 11) is 0. The first-order valence-corrected chi connectivity index (χ1v) is 5.80. The van der Waals surface area contributed by atoms with Crippen LogP contribution in [0.2, 0.25) is 0 Å². The molecule has 0 saturated carbocycles. The molecule has 0 aromatic carbocycles. The lowest BCUT2D eigenvalue weighted by molar-refractivity contribution is 0.405. The number of aryl methyl sites for hydroxylation is 2. The van der Waals surface area contributed by atoms with Crippen LogP contribution in [0.25, 0.3) is 5.65 Å². The van der Waals surface area contributed by atoms with Crippen LogP contribution in [0.4, 0.5) is 0 Å². The normalized spacial score (nSPS) is 12.3. The van der Waals surface area contributed by atoms with Crippen LogP contribution in [-0.4, -0.2) is 9.38 Å². The van der Waals surface area contributed by atoms with Crippen LogP contribution in [0.15, 0.2) is 18.3 Å². The summed E-state index contributed by atoms with van der Waals surface area (Å²) in [4.78, 5) is 4.49. The van der Waals surface area contributed by atoms with Gasteiger partial charge in [-0.1, -0.05) is 20.8 Å². The van der Waals surface area contributed by atoms with E-state index in [2.05, 4.69) is 56.1 Å². The van der Waals surface area contributed by atoms with E-state index >= 15 is 0 Å². The standard InChI is InChI=1S/C14H20N2/c1-10-6-11(2)16-12(8-14(3,4)5)9-15-13(16)7-10/h6-7,9H,8H2,1-5H3. The molecule has 0 saturated heterocycles. The summed E-state index contributed by atoms with van der Waals surface area (Å²) in [6.07, 6.45) is 3.06. The van der Waals surface area contributed by atoms with Crippen LogP contribution in [0, 0.1) is 19.3 Å². The fraction of sp³-hybridized carbons (Fsp3) is 0.500. The molecule has 0 atom stereocenters. The van der Waals surface area contributed by atoms with Crippen molar-refractivity contribution in [1.82, 2.24) is 9.38 Å². The van der Waals surface area contributed by atoms with Gasteiger partial charge in [-0.05, 0) is 43.4 Å². The third kappa shape index (κ3) is 2.11. The number of imidazole rings is 1. The molecule has 0 fully saturated rings. The van der Waals surface area contributed by atoms with E-state index in [1.165, 1.54) is 17.0 Å².